The summed E-state index contributed by atoms with van der Waals surface area (Å²) in [5, 5.41) is 4.90. The van der Waals surface area contributed by atoms with Crippen molar-refractivity contribution in [2.24, 2.45) is 0 Å². The van der Waals surface area contributed by atoms with Crippen LogP contribution in [0.25, 0.3) is 66.6 Å². The Morgan fingerprint density at radius 1 is 0.429 bits per heavy atom. The van der Waals surface area contributed by atoms with Gasteiger partial charge in [0, 0.05) is 34.4 Å². The van der Waals surface area contributed by atoms with Gasteiger partial charge in [0.15, 0.2) is 11.6 Å². The summed E-state index contributed by atoms with van der Waals surface area (Å²) in [7, 11) is 0. The van der Waals surface area contributed by atoms with E-state index < -0.39 is 0 Å². The van der Waals surface area contributed by atoms with Crippen LogP contribution in [0.3, 0.4) is 0 Å². The fourth-order valence-corrected chi connectivity index (χ4v) is 5.84. The van der Waals surface area contributed by atoms with Crippen LogP contribution >= 0.6 is 0 Å². The molecule has 7 rings (SSSR count). The molecule has 0 fully saturated rings. The van der Waals surface area contributed by atoms with E-state index in [-0.39, 0.29) is 0 Å². The van der Waals surface area contributed by atoms with Crippen molar-refractivity contribution in [3.05, 3.63) is 132 Å². The molecule has 4 nitrogen and oxygen atoms in total. The molecule has 0 unspecified atom stereocenters. The number of hydrogen-bond donors (Lipinski definition) is 0. The molecule has 5 aromatic carbocycles. The lowest BCUT2D eigenvalue weighted by Gasteiger charge is -2.18. The molecule has 0 amide bonds. The molecule has 0 aliphatic carbocycles. The van der Waals surface area contributed by atoms with Gasteiger partial charge in [-0.3, -0.25) is 0 Å². The number of hydrogen-bond acceptors (Lipinski definition) is 4. The summed E-state index contributed by atoms with van der Waals surface area (Å²) < 4.78 is 0. The van der Waals surface area contributed by atoms with Crippen LogP contribution in [0.15, 0.2) is 109 Å². The zero-order valence-electron chi connectivity index (χ0n) is 24.2. The Labute approximate surface area is 245 Å². The van der Waals surface area contributed by atoms with E-state index in [4.69, 9.17) is 4.98 Å². The molecule has 0 saturated carbocycles. The first-order chi connectivity index (χ1) is 20.5. The number of aromatic nitrogens is 4. The second-order valence-electron chi connectivity index (χ2n) is 10.9. The van der Waals surface area contributed by atoms with Crippen LogP contribution in [-0.4, -0.2) is 19.9 Å². The van der Waals surface area contributed by atoms with Gasteiger partial charge >= 0.3 is 0 Å². The highest BCUT2D eigenvalue weighted by atomic mass is 14.9. The van der Waals surface area contributed by atoms with Crippen molar-refractivity contribution >= 4 is 21.5 Å². The highest BCUT2D eigenvalue weighted by molar-refractivity contribution is 6.21. The van der Waals surface area contributed by atoms with Gasteiger partial charge in [-0.15, -0.1) is 0 Å². The highest BCUT2D eigenvalue weighted by Gasteiger charge is 2.17. The van der Waals surface area contributed by atoms with E-state index in [0.29, 0.717) is 0 Å². The Morgan fingerprint density at radius 3 is 1.26 bits per heavy atom. The lowest BCUT2D eigenvalue weighted by Crippen LogP contribution is -1.95. The SMILES string of the molecule is Cc1cc(C)nc(-c2ccc(-c3c4ccccc4c(-c4ccc(-c5ncc(C)c(C)n5)cc4)c4ccccc34)cc2)n1. The molecule has 0 aliphatic heterocycles. The molecule has 7 aromatic rings. The molecule has 2 heterocycles. The number of benzene rings is 5. The number of rotatable bonds is 4. The van der Waals surface area contributed by atoms with Crippen LogP contribution in [0.4, 0.5) is 0 Å². The molecule has 2 aromatic heterocycles. The Balaban J connectivity index is 1.39. The summed E-state index contributed by atoms with van der Waals surface area (Å²) in [4.78, 5) is 18.6. The summed E-state index contributed by atoms with van der Waals surface area (Å²) in [6.07, 6.45) is 1.90. The van der Waals surface area contributed by atoms with Crippen molar-refractivity contribution in [1.29, 1.82) is 0 Å². The number of fused-ring (bicyclic) bond motifs is 2. The number of nitrogens with zero attached hydrogens (tertiary/aromatic N) is 4. The van der Waals surface area contributed by atoms with Crippen molar-refractivity contribution in [1.82, 2.24) is 19.9 Å². The Morgan fingerprint density at radius 2 is 0.833 bits per heavy atom. The van der Waals surface area contributed by atoms with Gasteiger partial charge < -0.3 is 0 Å². The average molecular weight is 543 g/mol. The van der Waals surface area contributed by atoms with Gasteiger partial charge in [0.05, 0.1) is 0 Å². The molecule has 4 heteroatoms. The van der Waals surface area contributed by atoms with Gasteiger partial charge in [0.25, 0.3) is 0 Å². The van der Waals surface area contributed by atoms with E-state index >= 15 is 0 Å². The van der Waals surface area contributed by atoms with Crippen LogP contribution in [0.5, 0.6) is 0 Å². The molecule has 0 N–H and O–H groups in total. The maximum Gasteiger partial charge on any atom is 0.159 e. The molecule has 0 bridgehead atoms. The minimum absolute atomic E-state index is 0.754. The minimum Gasteiger partial charge on any atom is -0.236 e. The van der Waals surface area contributed by atoms with E-state index in [1.165, 1.54) is 43.8 Å². The lowest BCUT2D eigenvalue weighted by atomic mass is 9.85. The second-order valence-corrected chi connectivity index (χ2v) is 10.9. The maximum absolute atomic E-state index is 4.71. The van der Waals surface area contributed by atoms with Gasteiger partial charge in [0.2, 0.25) is 0 Å². The van der Waals surface area contributed by atoms with E-state index in [1.807, 2.05) is 40.0 Å². The van der Waals surface area contributed by atoms with Crippen LogP contribution in [0, 0.1) is 27.7 Å². The lowest BCUT2D eigenvalue weighted by molar-refractivity contribution is 1.06. The van der Waals surface area contributed by atoms with Crippen molar-refractivity contribution in [2.45, 2.75) is 27.7 Å². The third-order valence-corrected chi connectivity index (χ3v) is 8.00. The highest BCUT2D eigenvalue weighted by Crippen LogP contribution is 2.44. The summed E-state index contributed by atoms with van der Waals surface area (Å²) in [6.45, 7) is 8.09. The Kier molecular flexibility index (Phi) is 6.32. The van der Waals surface area contributed by atoms with Gasteiger partial charge in [-0.1, -0.05) is 97.1 Å². The molecule has 202 valence electrons. The smallest absolute Gasteiger partial charge is 0.159 e. The standard InChI is InChI=1S/C38H30N4/c1-23-22-39-37(42-26(23)4)29-17-13-27(14-18-29)35-31-9-5-7-11-33(31)36(34-12-8-6-10-32(34)35)28-15-19-30(20-16-28)38-40-24(2)21-25(3)41-38/h5-22H,1-4H3. The molecule has 0 radical (unpaired) electrons. The number of aryl methyl sites for hydroxylation is 4. The van der Waals surface area contributed by atoms with Crippen LogP contribution in [-0.2, 0) is 0 Å². The predicted molar refractivity (Wildman–Crippen MR) is 173 cm³/mol. The van der Waals surface area contributed by atoms with E-state index in [1.54, 1.807) is 0 Å². The first-order valence-corrected chi connectivity index (χ1v) is 14.2. The van der Waals surface area contributed by atoms with Crippen LogP contribution < -0.4 is 0 Å². The van der Waals surface area contributed by atoms with Gasteiger partial charge in [0.1, 0.15) is 0 Å². The van der Waals surface area contributed by atoms with Gasteiger partial charge in [-0.05, 0) is 83.1 Å². The monoisotopic (exact) mass is 542 g/mol. The predicted octanol–water partition coefficient (Wildman–Crippen LogP) is 9.47. The van der Waals surface area contributed by atoms with Gasteiger partial charge in [-0.2, -0.15) is 0 Å². The van der Waals surface area contributed by atoms with Gasteiger partial charge in [-0.25, -0.2) is 19.9 Å². The first-order valence-electron chi connectivity index (χ1n) is 14.2. The third-order valence-electron chi connectivity index (χ3n) is 8.00. The zero-order valence-corrected chi connectivity index (χ0v) is 24.2. The van der Waals surface area contributed by atoms with E-state index in [2.05, 4.69) is 112 Å². The molecule has 0 atom stereocenters. The normalized spacial score (nSPS) is 11.3. The summed E-state index contributed by atoms with van der Waals surface area (Å²) >= 11 is 0. The van der Waals surface area contributed by atoms with Crippen molar-refractivity contribution in [3.8, 4) is 45.0 Å². The maximum atomic E-state index is 4.71. The first kappa shape index (κ1) is 25.7. The Hall–Kier alpha value is -5.22. The largest absolute Gasteiger partial charge is 0.236 e. The summed E-state index contributed by atoms with van der Waals surface area (Å²) in [5.74, 6) is 1.52. The molecule has 42 heavy (non-hydrogen) atoms. The summed E-state index contributed by atoms with van der Waals surface area (Å²) in [5.41, 5.74) is 10.9. The topological polar surface area (TPSA) is 51.6 Å². The third kappa shape index (κ3) is 4.51. The molecule has 0 spiro atoms. The molecular formula is C38H30N4. The van der Waals surface area contributed by atoms with E-state index in [9.17, 15) is 0 Å². The fourth-order valence-electron chi connectivity index (χ4n) is 5.84. The fraction of sp³-hybridized carbons (Fsp3) is 0.105. The Bertz CT molecular complexity index is 2030. The van der Waals surface area contributed by atoms with Crippen LogP contribution in [0.2, 0.25) is 0 Å². The van der Waals surface area contributed by atoms with Crippen molar-refractivity contribution in [2.75, 3.05) is 0 Å². The zero-order chi connectivity index (χ0) is 28.8. The molecule has 0 saturated heterocycles. The molecule has 0 aliphatic rings. The average Bonchev–Trinajstić information content (AvgIpc) is 3.01. The van der Waals surface area contributed by atoms with Crippen LogP contribution in [0.1, 0.15) is 22.6 Å². The summed E-state index contributed by atoms with van der Waals surface area (Å²) in [6, 6.07) is 36.8. The van der Waals surface area contributed by atoms with Crippen molar-refractivity contribution in [3.63, 3.8) is 0 Å². The molecular weight excluding hydrogens is 512 g/mol. The quantitative estimate of drug-likeness (QED) is 0.208. The second kappa shape index (κ2) is 10.3. The van der Waals surface area contributed by atoms with Crippen molar-refractivity contribution < 1.29 is 0 Å². The van der Waals surface area contributed by atoms with E-state index in [0.717, 1.165) is 45.4 Å². The minimum atomic E-state index is 0.754.